The van der Waals surface area contributed by atoms with E-state index in [1.165, 1.54) is 7.11 Å². The third-order valence-corrected chi connectivity index (χ3v) is 2.52. The van der Waals surface area contributed by atoms with E-state index in [0.717, 1.165) is 5.56 Å². The predicted molar refractivity (Wildman–Crippen MR) is 62.0 cm³/mol. The number of alkyl halides is 3. The Morgan fingerprint density at radius 3 is 2.56 bits per heavy atom. The molecule has 2 nitrogen and oxygen atoms in total. The molecule has 0 fully saturated rings. The molecule has 0 amide bonds. The summed E-state index contributed by atoms with van der Waals surface area (Å²) in [5.41, 5.74) is 1.27. The van der Waals surface area contributed by atoms with Crippen molar-refractivity contribution in [3.05, 3.63) is 29.3 Å². The summed E-state index contributed by atoms with van der Waals surface area (Å²) in [5, 5.41) is 0. The maximum Gasteiger partial charge on any atom is 0.389 e. The lowest BCUT2D eigenvalue weighted by atomic mass is 10.0. The van der Waals surface area contributed by atoms with E-state index in [9.17, 15) is 18.0 Å². The zero-order chi connectivity index (χ0) is 13.8. The summed E-state index contributed by atoms with van der Waals surface area (Å²) in [6, 6.07) is 5.01. The van der Waals surface area contributed by atoms with E-state index in [4.69, 9.17) is 4.74 Å². The van der Waals surface area contributed by atoms with Gasteiger partial charge in [0.2, 0.25) is 0 Å². The lowest BCUT2D eigenvalue weighted by molar-refractivity contribution is -0.135. The SMILES string of the molecule is COc1cc(C)ccc1C(=O)CCCC(F)(F)F. The van der Waals surface area contributed by atoms with Crippen molar-refractivity contribution in [1.82, 2.24) is 0 Å². The van der Waals surface area contributed by atoms with Crippen LogP contribution in [0.25, 0.3) is 0 Å². The standard InChI is InChI=1S/C13H15F3O2/c1-9-5-6-10(12(8-9)18-2)11(17)4-3-7-13(14,15)16/h5-6,8H,3-4,7H2,1-2H3. The number of hydrogen-bond acceptors (Lipinski definition) is 2. The molecule has 0 N–H and O–H groups in total. The highest BCUT2D eigenvalue weighted by Crippen LogP contribution is 2.25. The molecule has 0 spiro atoms. The number of aryl methyl sites for hydroxylation is 1. The first-order valence-electron chi connectivity index (χ1n) is 5.58. The average molecular weight is 260 g/mol. The number of Topliss-reactive ketones (excluding diaryl/α,β-unsaturated/α-hetero) is 1. The molecule has 1 aromatic carbocycles. The number of ether oxygens (including phenoxy) is 1. The van der Waals surface area contributed by atoms with Gasteiger partial charge in [0, 0.05) is 12.8 Å². The van der Waals surface area contributed by atoms with Crippen molar-refractivity contribution in [2.45, 2.75) is 32.4 Å². The Morgan fingerprint density at radius 1 is 1.33 bits per heavy atom. The fraction of sp³-hybridized carbons (Fsp3) is 0.462. The van der Waals surface area contributed by atoms with Crippen LogP contribution in [-0.2, 0) is 0 Å². The van der Waals surface area contributed by atoms with Gasteiger partial charge in [0.05, 0.1) is 12.7 Å². The molecular formula is C13H15F3O2. The topological polar surface area (TPSA) is 26.3 Å². The summed E-state index contributed by atoms with van der Waals surface area (Å²) in [7, 11) is 1.43. The number of hydrogen-bond donors (Lipinski definition) is 0. The van der Waals surface area contributed by atoms with Crippen molar-refractivity contribution in [1.29, 1.82) is 0 Å². The van der Waals surface area contributed by atoms with E-state index < -0.39 is 12.6 Å². The monoisotopic (exact) mass is 260 g/mol. The van der Waals surface area contributed by atoms with Crippen LogP contribution in [0.1, 0.15) is 35.2 Å². The minimum Gasteiger partial charge on any atom is -0.496 e. The Balaban J connectivity index is 2.67. The largest absolute Gasteiger partial charge is 0.496 e. The van der Waals surface area contributed by atoms with E-state index in [0.29, 0.717) is 11.3 Å². The maximum atomic E-state index is 12.0. The van der Waals surface area contributed by atoms with Crippen LogP contribution in [-0.4, -0.2) is 19.1 Å². The van der Waals surface area contributed by atoms with Crippen molar-refractivity contribution in [2.24, 2.45) is 0 Å². The highest BCUT2D eigenvalue weighted by Gasteiger charge is 2.26. The summed E-state index contributed by atoms with van der Waals surface area (Å²) in [4.78, 5) is 11.8. The molecule has 0 saturated heterocycles. The van der Waals surface area contributed by atoms with Crippen molar-refractivity contribution < 1.29 is 22.7 Å². The fourth-order valence-corrected chi connectivity index (χ4v) is 1.61. The van der Waals surface area contributed by atoms with Gasteiger partial charge in [-0.15, -0.1) is 0 Å². The lowest BCUT2D eigenvalue weighted by Gasteiger charge is -2.09. The van der Waals surface area contributed by atoms with Gasteiger partial charge < -0.3 is 4.74 Å². The minimum absolute atomic E-state index is 0.126. The number of benzene rings is 1. The van der Waals surface area contributed by atoms with Crippen LogP contribution in [0.3, 0.4) is 0 Å². The molecule has 1 aromatic rings. The summed E-state index contributed by atoms with van der Waals surface area (Å²) in [6.45, 7) is 1.85. The van der Waals surface area contributed by atoms with Gasteiger partial charge in [-0.3, -0.25) is 4.79 Å². The smallest absolute Gasteiger partial charge is 0.389 e. The summed E-state index contributed by atoms with van der Waals surface area (Å²) in [5.74, 6) is 0.0862. The van der Waals surface area contributed by atoms with E-state index in [1.807, 2.05) is 6.92 Å². The van der Waals surface area contributed by atoms with Crippen LogP contribution in [0.5, 0.6) is 5.75 Å². The third kappa shape index (κ3) is 4.39. The number of methoxy groups -OCH3 is 1. The molecule has 0 aliphatic rings. The highest BCUT2D eigenvalue weighted by atomic mass is 19.4. The van der Waals surface area contributed by atoms with Crippen molar-refractivity contribution in [2.75, 3.05) is 7.11 Å². The normalized spacial score (nSPS) is 11.4. The molecule has 0 saturated carbocycles. The molecule has 0 radical (unpaired) electrons. The lowest BCUT2D eigenvalue weighted by Crippen LogP contribution is -2.09. The summed E-state index contributed by atoms with van der Waals surface area (Å²) < 4.78 is 41.0. The second-order valence-corrected chi connectivity index (χ2v) is 4.10. The summed E-state index contributed by atoms with van der Waals surface area (Å²) >= 11 is 0. The quantitative estimate of drug-likeness (QED) is 0.750. The van der Waals surface area contributed by atoms with Gasteiger partial charge in [0.15, 0.2) is 5.78 Å². The van der Waals surface area contributed by atoms with E-state index in [-0.39, 0.29) is 18.6 Å². The molecule has 0 bridgehead atoms. The van der Waals surface area contributed by atoms with Crippen LogP contribution in [0.2, 0.25) is 0 Å². The molecule has 0 unspecified atom stereocenters. The van der Waals surface area contributed by atoms with Gasteiger partial charge >= 0.3 is 6.18 Å². The number of rotatable bonds is 5. The second kappa shape index (κ2) is 5.89. The van der Waals surface area contributed by atoms with Gasteiger partial charge in [-0.05, 0) is 31.0 Å². The summed E-state index contributed by atoms with van der Waals surface area (Å²) in [6.07, 6.45) is -5.47. The number of carbonyl (C=O) groups excluding carboxylic acids is 1. The first kappa shape index (κ1) is 14.5. The van der Waals surface area contributed by atoms with Crippen LogP contribution < -0.4 is 4.74 Å². The van der Waals surface area contributed by atoms with Gasteiger partial charge in [-0.1, -0.05) is 6.07 Å². The molecule has 1 rings (SSSR count). The van der Waals surface area contributed by atoms with Gasteiger partial charge in [-0.25, -0.2) is 0 Å². The molecule has 5 heteroatoms. The second-order valence-electron chi connectivity index (χ2n) is 4.10. The maximum absolute atomic E-state index is 12.0. The van der Waals surface area contributed by atoms with Crippen LogP contribution in [0.4, 0.5) is 13.2 Å². The van der Waals surface area contributed by atoms with Crippen LogP contribution in [0.15, 0.2) is 18.2 Å². The van der Waals surface area contributed by atoms with Gasteiger partial charge in [-0.2, -0.15) is 13.2 Å². The number of ketones is 1. The first-order chi connectivity index (χ1) is 8.33. The number of carbonyl (C=O) groups is 1. The van der Waals surface area contributed by atoms with Crippen LogP contribution in [0, 0.1) is 6.92 Å². The highest BCUT2D eigenvalue weighted by molar-refractivity contribution is 5.98. The molecular weight excluding hydrogens is 245 g/mol. The molecule has 18 heavy (non-hydrogen) atoms. The zero-order valence-corrected chi connectivity index (χ0v) is 10.3. The molecule has 0 atom stereocenters. The molecule has 0 aliphatic carbocycles. The predicted octanol–water partition coefficient (Wildman–Crippen LogP) is 3.92. The van der Waals surface area contributed by atoms with Gasteiger partial charge in [0.25, 0.3) is 0 Å². The van der Waals surface area contributed by atoms with Crippen molar-refractivity contribution >= 4 is 5.78 Å². The van der Waals surface area contributed by atoms with Crippen molar-refractivity contribution in [3.63, 3.8) is 0 Å². The Bertz CT molecular complexity index is 425. The van der Waals surface area contributed by atoms with Crippen LogP contribution >= 0.6 is 0 Å². The molecule has 100 valence electrons. The Morgan fingerprint density at radius 2 is 2.00 bits per heavy atom. The Labute approximate surface area is 104 Å². The third-order valence-electron chi connectivity index (χ3n) is 2.52. The number of halogens is 3. The zero-order valence-electron chi connectivity index (χ0n) is 10.3. The Kier molecular flexibility index (Phi) is 4.76. The molecule has 0 aromatic heterocycles. The average Bonchev–Trinajstić information content (AvgIpc) is 2.26. The molecule has 0 heterocycles. The molecule has 0 aliphatic heterocycles. The fourth-order valence-electron chi connectivity index (χ4n) is 1.61. The van der Waals surface area contributed by atoms with Gasteiger partial charge in [0.1, 0.15) is 5.75 Å². The van der Waals surface area contributed by atoms with E-state index in [2.05, 4.69) is 0 Å². The minimum atomic E-state index is -4.21. The first-order valence-corrected chi connectivity index (χ1v) is 5.58. The van der Waals surface area contributed by atoms with E-state index in [1.54, 1.807) is 18.2 Å². The van der Waals surface area contributed by atoms with E-state index >= 15 is 0 Å². The van der Waals surface area contributed by atoms with Crippen molar-refractivity contribution in [3.8, 4) is 5.75 Å². The Hall–Kier alpha value is -1.52.